The van der Waals surface area contributed by atoms with Crippen LogP contribution in [0, 0.1) is 0 Å². The van der Waals surface area contributed by atoms with E-state index in [0.29, 0.717) is 0 Å². The number of nitrogens with one attached hydrogen (secondary N) is 1. The van der Waals surface area contributed by atoms with Crippen molar-refractivity contribution in [2.24, 2.45) is 0 Å². The molecule has 1 aromatic rings. The van der Waals surface area contributed by atoms with Crippen LogP contribution in [0.3, 0.4) is 0 Å². The van der Waals surface area contributed by atoms with Gasteiger partial charge in [0.15, 0.2) is 0 Å². The zero-order valence-corrected chi connectivity index (χ0v) is 11.3. The third kappa shape index (κ3) is 3.56. The molecule has 94 valence electrons. The first kappa shape index (κ1) is 12.6. The highest BCUT2D eigenvalue weighted by Crippen LogP contribution is 2.31. The van der Waals surface area contributed by atoms with Gasteiger partial charge in [0.25, 0.3) is 0 Å². The maximum absolute atomic E-state index is 5.88. The maximum Gasteiger partial charge on any atom is 0.142 e. The van der Waals surface area contributed by atoms with Crippen LogP contribution in [0.5, 0.6) is 5.75 Å². The second kappa shape index (κ2) is 6.80. The molecule has 0 bridgehead atoms. The molecular formula is C14H21NOS. The lowest BCUT2D eigenvalue weighted by Crippen LogP contribution is -2.13. The minimum Gasteiger partial charge on any atom is -0.491 e. The molecule has 3 heteroatoms. The van der Waals surface area contributed by atoms with Gasteiger partial charge in [0.05, 0.1) is 12.3 Å². The van der Waals surface area contributed by atoms with Crippen LogP contribution in [0.1, 0.15) is 25.3 Å². The summed E-state index contributed by atoms with van der Waals surface area (Å²) in [5, 5.41) is 3.45. The van der Waals surface area contributed by atoms with Crippen LogP contribution in [0.4, 0.5) is 5.69 Å². The Morgan fingerprint density at radius 1 is 1.41 bits per heavy atom. The van der Waals surface area contributed by atoms with E-state index in [1.165, 1.54) is 35.6 Å². The first-order valence-electron chi connectivity index (χ1n) is 6.48. The largest absolute Gasteiger partial charge is 0.491 e. The van der Waals surface area contributed by atoms with E-state index in [-0.39, 0.29) is 0 Å². The van der Waals surface area contributed by atoms with Crippen molar-refractivity contribution < 1.29 is 4.74 Å². The van der Waals surface area contributed by atoms with Gasteiger partial charge in [-0.2, -0.15) is 11.8 Å². The Morgan fingerprint density at radius 2 is 2.35 bits per heavy atom. The smallest absolute Gasteiger partial charge is 0.142 e. The fourth-order valence-corrected chi connectivity index (χ4v) is 2.70. The summed E-state index contributed by atoms with van der Waals surface area (Å²) in [6, 6.07) is 6.37. The molecule has 2 nitrogen and oxygen atoms in total. The second-order valence-electron chi connectivity index (χ2n) is 4.22. The van der Waals surface area contributed by atoms with E-state index in [9.17, 15) is 0 Å². The predicted octanol–water partition coefficient (Wildman–Crippen LogP) is 3.57. The Balaban J connectivity index is 1.87. The van der Waals surface area contributed by atoms with Crippen LogP contribution in [0.25, 0.3) is 0 Å². The average molecular weight is 251 g/mol. The lowest BCUT2D eigenvalue weighted by atomic mass is 10.0. The summed E-state index contributed by atoms with van der Waals surface area (Å²) in [5.41, 5.74) is 2.62. The lowest BCUT2D eigenvalue weighted by Gasteiger charge is -2.21. The molecule has 0 atom stereocenters. The number of hydrogen-bond donors (Lipinski definition) is 1. The molecule has 0 radical (unpaired) electrons. The Bertz CT molecular complexity index is 354. The lowest BCUT2D eigenvalue weighted by molar-refractivity contribution is 0.319. The van der Waals surface area contributed by atoms with Gasteiger partial charge in [0.2, 0.25) is 0 Å². The van der Waals surface area contributed by atoms with Crippen molar-refractivity contribution in [3.05, 3.63) is 23.8 Å². The molecule has 0 spiro atoms. The van der Waals surface area contributed by atoms with E-state index >= 15 is 0 Å². The summed E-state index contributed by atoms with van der Waals surface area (Å²) < 4.78 is 5.88. The van der Waals surface area contributed by atoms with E-state index in [0.717, 1.165) is 25.3 Å². The number of anilines is 1. The molecule has 1 aromatic carbocycles. The molecule has 0 aromatic heterocycles. The predicted molar refractivity (Wildman–Crippen MR) is 76.4 cm³/mol. The highest BCUT2D eigenvalue weighted by molar-refractivity contribution is 7.99. The van der Waals surface area contributed by atoms with Crippen molar-refractivity contribution >= 4 is 17.4 Å². The molecule has 0 amide bonds. The van der Waals surface area contributed by atoms with Gasteiger partial charge in [-0.05, 0) is 42.4 Å². The van der Waals surface area contributed by atoms with Gasteiger partial charge < -0.3 is 10.1 Å². The number of fused-ring (bicyclic) bond motifs is 1. The van der Waals surface area contributed by atoms with E-state index in [2.05, 4.69) is 30.4 Å². The van der Waals surface area contributed by atoms with Gasteiger partial charge in [-0.25, -0.2) is 0 Å². The summed E-state index contributed by atoms with van der Waals surface area (Å²) in [7, 11) is 0. The Kier molecular flexibility index (Phi) is 5.05. The van der Waals surface area contributed by atoms with Crippen molar-refractivity contribution in [1.82, 2.24) is 0 Å². The van der Waals surface area contributed by atoms with E-state index < -0.39 is 0 Å². The molecule has 1 N–H and O–H groups in total. The summed E-state index contributed by atoms with van der Waals surface area (Å²) in [4.78, 5) is 0. The normalized spacial score (nSPS) is 13.9. The van der Waals surface area contributed by atoms with Gasteiger partial charge in [-0.15, -0.1) is 0 Å². The topological polar surface area (TPSA) is 21.3 Å². The first-order chi connectivity index (χ1) is 8.42. The molecule has 2 rings (SSSR count). The maximum atomic E-state index is 5.88. The van der Waals surface area contributed by atoms with Crippen LogP contribution in [0.15, 0.2) is 18.2 Å². The first-order valence-corrected chi connectivity index (χ1v) is 7.63. The molecule has 0 fully saturated rings. The van der Waals surface area contributed by atoms with Crippen LogP contribution in [-0.4, -0.2) is 24.7 Å². The van der Waals surface area contributed by atoms with Gasteiger partial charge in [-0.3, -0.25) is 0 Å². The fourth-order valence-electron chi connectivity index (χ4n) is 2.09. The van der Waals surface area contributed by atoms with Crippen molar-refractivity contribution in [3.8, 4) is 5.75 Å². The number of benzene rings is 1. The molecule has 0 unspecified atom stereocenters. The Morgan fingerprint density at radius 3 is 3.24 bits per heavy atom. The van der Waals surface area contributed by atoms with E-state index in [4.69, 9.17) is 4.74 Å². The van der Waals surface area contributed by atoms with E-state index in [1.54, 1.807) is 0 Å². The van der Waals surface area contributed by atoms with Crippen molar-refractivity contribution in [2.75, 3.05) is 30.0 Å². The SMILES string of the molecule is CCSCCCOc1cccc2c1NCCC2. The minimum atomic E-state index is 0.825. The number of rotatable bonds is 6. The zero-order chi connectivity index (χ0) is 11.9. The molecule has 1 heterocycles. The average Bonchev–Trinajstić information content (AvgIpc) is 2.39. The Labute approximate surface area is 108 Å². The number of thioether (sulfide) groups is 1. The summed E-state index contributed by atoms with van der Waals surface area (Å²) >= 11 is 1.98. The minimum absolute atomic E-state index is 0.825. The van der Waals surface area contributed by atoms with Crippen molar-refractivity contribution in [1.29, 1.82) is 0 Å². The van der Waals surface area contributed by atoms with Crippen molar-refractivity contribution in [3.63, 3.8) is 0 Å². The monoisotopic (exact) mass is 251 g/mol. The summed E-state index contributed by atoms with van der Waals surface area (Å²) in [6.07, 6.45) is 3.52. The number of aryl methyl sites for hydroxylation is 1. The molecule has 1 aliphatic rings. The third-order valence-electron chi connectivity index (χ3n) is 2.93. The molecule has 0 saturated heterocycles. The second-order valence-corrected chi connectivity index (χ2v) is 5.61. The zero-order valence-electron chi connectivity index (χ0n) is 10.5. The quantitative estimate of drug-likeness (QED) is 0.781. The Hall–Kier alpha value is -0.830. The molecule has 0 saturated carbocycles. The van der Waals surface area contributed by atoms with Crippen LogP contribution in [0.2, 0.25) is 0 Å². The fraction of sp³-hybridized carbons (Fsp3) is 0.571. The van der Waals surface area contributed by atoms with Gasteiger partial charge in [-0.1, -0.05) is 19.1 Å². The van der Waals surface area contributed by atoms with Crippen LogP contribution >= 0.6 is 11.8 Å². The number of ether oxygens (including phenoxy) is 1. The van der Waals surface area contributed by atoms with Gasteiger partial charge in [0.1, 0.15) is 5.75 Å². The van der Waals surface area contributed by atoms with Gasteiger partial charge >= 0.3 is 0 Å². The third-order valence-corrected chi connectivity index (χ3v) is 3.92. The number of hydrogen-bond acceptors (Lipinski definition) is 3. The molecule has 1 aliphatic heterocycles. The molecular weight excluding hydrogens is 230 g/mol. The highest BCUT2D eigenvalue weighted by Gasteiger charge is 2.12. The van der Waals surface area contributed by atoms with E-state index in [1.807, 2.05) is 11.8 Å². The highest BCUT2D eigenvalue weighted by atomic mass is 32.2. The van der Waals surface area contributed by atoms with Gasteiger partial charge in [0, 0.05) is 6.54 Å². The number of para-hydroxylation sites is 1. The molecule has 0 aliphatic carbocycles. The summed E-state index contributed by atoms with van der Waals surface area (Å²) in [5.74, 6) is 3.42. The van der Waals surface area contributed by atoms with Crippen molar-refractivity contribution in [2.45, 2.75) is 26.2 Å². The van der Waals surface area contributed by atoms with Crippen LogP contribution in [-0.2, 0) is 6.42 Å². The summed E-state index contributed by atoms with van der Waals surface area (Å²) in [6.45, 7) is 4.09. The molecule has 17 heavy (non-hydrogen) atoms. The standard InChI is InChI=1S/C14H21NOS/c1-2-17-11-5-10-16-13-8-3-6-12-7-4-9-15-14(12)13/h3,6,8,15H,2,4-5,7,9-11H2,1H3. The van der Waals surface area contributed by atoms with Crippen LogP contribution < -0.4 is 10.1 Å².